The Kier molecular flexibility index (Phi) is 8.84. The van der Waals surface area contributed by atoms with Crippen LogP contribution in [-0.4, -0.2) is 9.97 Å². The zero-order valence-electron chi connectivity index (χ0n) is 35.6. The fraction of sp³-hybridized carbons (Fsp3) is 0.0492. The number of aromatic nitrogens is 2. The van der Waals surface area contributed by atoms with Crippen LogP contribution in [0.2, 0.25) is 0 Å². The summed E-state index contributed by atoms with van der Waals surface area (Å²) in [5.74, 6) is 0.676. The largest absolute Gasteiger partial charge is 0.456 e. The predicted molar refractivity (Wildman–Crippen MR) is 265 cm³/mol. The number of para-hydroxylation sites is 1. The molecule has 0 unspecified atom stereocenters. The van der Waals surface area contributed by atoms with Crippen LogP contribution >= 0.6 is 0 Å². The molecule has 0 radical (unpaired) electrons. The van der Waals surface area contributed by atoms with Gasteiger partial charge < -0.3 is 4.42 Å². The first-order chi connectivity index (χ1) is 31.5. The summed E-state index contributed by atoms with van der Waals surface area (Å²) < 4.78 is 6.28. The molecule has 2 aromatic heterocycles. The maximum atomic E-state index is 6.28. The van der Waals surface area contributed by atoms with E-state index in [4.69, 9.17) is 14.4 Å². The van der Waals surface area contributed by atoms with Gasteiger partial charge in [0.15, 0.2) is 5.82 Å². The maximum Gasteiger partial charge on any atom is 0.160 e. The van der Waals surface area contributed by atoms with Crippen molar-refractivity contribution in [3.05, 3.63) is 230 Å². The Hall–Kier alpha value is -8.14. The molecule has 0 saturated heterocycles. The number of hydrogen-bond acceptors (Lipinski definition) is 3. The molecule has 2 heterocycles. The molecule has 0 spiro atoms. The van der Waals surface area contributed by atoms with E-state index in [1.54, 1.807) is 0 Å². The van der Waals surface area contributed by atoms with E-state index in [0.717, 1.165) is 77.8 Å². The van der Waals surface area contributed by atoms with E-state index in [-0.39, 0.29) is 5.41 Å². The van der Waals surface area contributed by atoms with Crippen LogP contribution in [0, 0.1) is 0 Å². The van der Waals surface area contributed by atoms with Gasteiger partial charge >= 0.3 is 0 Å². The summed E-state index contributed by atoms with van der Waals surface area (Å²) in [5, 5.41) is 2.20. The van der Waals surface area contributed by atoms with Gasteiger partial charge in [0.25, 0.3) is 0 Å². The van der Waals surface area contributed by atoms with Crippen molar-refractivity contribution in [3.63, 3.8) is 0 Å². The van der Waals surface area contributed by atoms with Gasteiger partial charge in [0.05, 0.1) is 11.4 Å². The van der Waals surface area contributed by atoms with E-state index >= 15 is 0 Å². The fourth-order valence-corrected chi connectivity index (χ4v) is 9.98. The molecule has 0 atom stereocenters. The van der Waals surface area contributed by atoms with Gasteiger partial charge in [0.2, 0.25) is 0 Å². The van der Waals surface area contributed by atoms with E-state index in [2.05, 4.69) is 214 Å². The third kappa shape index (κ3) is 6.28. The quantitative estimate of drug-likeness (QED) is 0.161. The molecule has 1 aliphatic carbocycles. The Balaban J connectivity index is 1.09. The molecule has 0 aliphatic heterocycles. The molecule has 12 rings (SSSR count). The molecule has 64 heavy (non-hydrogen) atoms. The van der Waals surface area contributed by atoms with Gasteiger partial charge in [-0.3, -0.25) is 0 Å². The summed E-state index contributed by atoms with van der Waals surface area (Å²) >= 11 is 0. The summed E-state index contributed by atoms with van der Waals surface area (Å²) in [5.41, 5.74) is 20.8. The van der Waals surface area contributed by atoms with Crippen molar-refractivity contribution in [2.75, 3.05) is 0 Å². The molecule has 0 fully saturated rings. The molecule has 302 valence electrons. The predicted octanol–water partition coefficient (Wildman–Crippen LogP) is 16.4. The van der Waals surface area contributed by atoms with Gasteiger partial charge in [0, 0.05) is 32.9 Å². The number of benzene rings is 9. The van der Waals surface area contributed by atoms with Crippen LogP contribution < -0.4 is 0 Å². The first-order valence-corrected chi connectivity index (χ1v) is 22.0. The Labute approximate surface area is 373 Å². The minimum atomic E-state index is -0.115. The van der Waals surface area contributed by atoms with E-state index in [0.29, 0.717) is 5.82 Å². The third-order valence-electron chi connectivity index (χ3n) is 13.1. The molecular weight excluding hydrogens is 777 g/mol. The van der Waals surface area contributed by atoms with Crippen molar-refractivity contribution < 1.29 is 4.42 Å². The van der Waals surface area contributed by atoms with E-state index in [1.807, 2.05) is 18.2 Å². The van der Waals surface area contributed by atoms with Crippen LogP contribution in [-0.2, 0) is 5.41 Å². The molecule has 0 bridgehead atoms. The minimum absolute atomic E-state index is 0.115. The van der Waals surface area contributed by atoms with Crippen molar-refractivity contribution in [1.82, 2.24) is 9.97 Å². The smallest absolute Gasteiger partial charge is 0.160 e. The van der Waals surface area contributed by atoms with Gasteiger partial charge in [-0.2, -0.15) is 0 Å². The maximum absolute atomic E-state index is 6.28. The Morgan fingerprint density at radius 3 is 1.69 bits per heavy atom. The van der Waals surface area contributed by atoms with Crippen molar-refractivity contribution in [2.45, 2.75) is 19.3 Å². The van der Waals surface area contributed by atoms with Gasteiger partial charge in [0.1, 0.15) is 11.2 Å². The Morgan fingerprint density at radius 1 is 0.328 bits per heavy atom. The monoisotopic (exact) mass is 818 g/mol. The normalized spacial score (nSPS) is 12.7. The average Bonchev–Trinajstić information content (AvgIpc) is 3.85. The van der Waals surface area contributed by atoms with Crippen LogP contribution in [0.3, 0.4) is 0 Å². The second-order valence-electron chi connectivity index (χ2n) is 17.3. The molecular formula is C61H42N2O. The molecule has 3 nitrogen and oxygen atoms in total. The molecule has 1 aliphatic rings. The van der Waals surface area contributed by atoms with Crippen molar-refractivity contribution >= 4 is 21.9 Å². The van der Waals surface area contributed by atoms with Gasteiger partial charge in [-0.25, -0.2) is 9.97 Å². The van der Waals surface area contributed by atoms with Crippen LogP contribution in [0.5, 0.6) is 0 Å². The van der Waals surface area contributed by atoms with E-state index in [9.17, 15) is 0 Å². The highest BCUT2D eigenvalue weighted by atomic mass is 16.3. The number of nitrogens with zero attached hydrogens (tertiary/aromatic N) is 2. The third-order valence-corrected chi connectivity index (χ3v) is 13.1. The topological polar surface area (TPSA) is 38.9 Å². The summed E-state index contributed by atoms with van der Waals surface area (Å²) in [6.07, 6.45) is 0. The van der Waals surface area contributed by atoms with Crippen molar-refractivity contribution in [2.24, 2.45) is 0 Å². The van der Waals surface area contributed by atoms with E-state index < -0.39 is 0 Å². The molecule has 9 aromatic carbocycles. The number of hydrogen-bond donors (Lipinski definition) is 0. The standard InChI is InChI=1S/C61H42N2O/c1-61(2)53-29-15-13-27-51(53)59-50(28-17-30-54(59)61)47-24-11-12-25-48(47)56-38-55(62-60(63-56)40-20-7-4-8-21-40)44-35-42(41-32-33-58-52(37-41)49-26-14-16-31-57(49)64-58)34-43(36-44)46-23-10-9-22-45(46)39-18-5-3-6-19-39/h3-38H,1-2H3. The van der Waals surface area contributed by atoms with Gasteiger partial charge in [-0.15, -0.1) is 0 Å². The SMILES string of the molecule is CC1(C)c2ccccc2-c2c(-c3ccccc3-c3cc(-c4cc(-c5ccc6oc7ccccc7c6c5)cc(-c5ccccc5-c5ccccc5)c4)nc(-c4ccccc4)n3)cccc21. The second-order valence-corrected chi connectivity index (χ2v) is 17.3. The first-order valence-electron chi connectivity index (χ1n) is 22.0. The highest BCUT2D eigenvalue weighted by Gasteiger charge is 2.36. The van der Waals surface area contributed by atoms with Crippen LogP contribution in [0.15, 0.2) is 223 Å². The molecule has 3 heteroatoms. The highest BCUT2D eigenvalue weighted by molar-refractivity contribution is 6.06. The highest BCUT2D eigenvalue weighted by Crippen LogP contribution is 2.53. The molecule has 0 amide bonds. The van der Waals surface area contributed by atoms with Crippen LogP contribution in [0.25, 0.3) is 111 Å². The lowest BCUT2D eigenvalue weighted by Gasteiger charge is -2.22. The van der Waals surface area contributed by atoms with E-state index in [1.165, 1.54) is 38.9 Å². The van der Waals surface area contributed by atoms with Gasteiger partial charge in [-0.1, -0.05) is 190 Å². The number of fused-ring (bicyclic) bond motifs is 6. The van der Waals surface area contributed by atoms with Crippen molar-refractivity contribution in [1.29, 1.82) is 0 Å². The van der Waals surface area contributed by atoms with Gasteiger partial charge in [-0.05, 0) is 109 Å². The Bertz CT molecular complexity index is 3580. The van der Waals surface area contributed by atoms with Crippen molar-refractivity contribution in [3.8, 4) is 89.5 Å². The number of rotatable bonds is 7. The average molecular weight is 819 g/mol. The summed E-state index contributed by atoms with van der Waals surface area (Å²) in [4.78, 5) is 10.8. The zero-order chi connectivity index (χ0) is 42.8. The lowest BCUT2D eigenvalue weighted by molar-refractivity contribution is 0.660. The lowest BCUT2D eigenvalue weighted by atomic mass is 9.81. The molecule has 0 N–H and O–H groups in total. The lowest BCUT2D eigenvalue weighted by Crippen LogP contribution is -2.14. The second kappa shape index (κ2) is 15.0. The molecule has 11 aromatic rings. The molecule has 0 saturated carbocycles. The minimum Gasteiger partial charge on any atom is -0.456 e. The first kappa shape index (κ1) is 37.6. The Morgan fingerprint density at radius 2 is 0.891 bits per heavy atom. The summed E-state index contributed by atoms with van der Waals surface area (Å²) in [6.45, 7) is 4.68. The van der Waals surface area contributed by atoms with Crippen LogP contribution in [0.1, 0.15) is 25.0 Å². The zero-order valence-corrected chi connectivity index (χ0v) is 35.6. The summed E-state index contributed by atoms with van der Waals surface area (Å²) in [7, 11) is 0. The fourth-order valence-electron chi connectivity index (χ4n) is 9.98. The summed E-state index contributed by atoms with van der Waals surface area (Å²) in [6, 6.07) is 78.0. The van der Waals surface area contributed by atoms with Crippen LogP contribution in [0.4, 0.5) is 0 Å². The number of furan rings is 1.